The van der Waals surface area contributed by atoms with E-state index < -0.39 is 23.0 Å². The molecular weight excluding hydrogens is 252 g/mol. The first-order chi connectivity index (χ1) is 9.04. The molecule has 5 heteroatoms. The molecule has 3 nitrogen and oxygen atoms in total. The fraction of sp³-hybridized carbons (Fsp3) is 0.0714. The number of nitrogen functional groups attached to an aromatic ring is 1. The predicted molar refractivity (Wildman–Crippen MR) is 67.2 cm³/mol. The number of rotatable bonds is 3. The lowest BCUT2D eigenvalue weighted by molar-refractivity contribution is 0.103. The predicted octanol–water partition coefficient (Wildman–Crippen LogP) is 2.79. The quantitative estimate of drug-likeness (QED) is 0.684. The van der Waals surface area contributed by atoms with Crippen molar-refractivity contribution in [2.45, 2.75) is 0 Å². The first-order valence-corrected chi connectivity index (χ1v) is 5.47. The van der Waals surface area contributed by atoms with Crippen molar-refractivity contribution in [1.29, 1.82) is 0 Å². The monoisotopic (exact) mass is 263 g/mol. The highest BCUT2D eigenvalue weighted by molar-refractivity contribution is 6.12. The van der Waals surface area contributed by atoms with Crippen LogP contribution in [-0.4, -0.2) is 12.9 Å². The summed E-state index contributed by atoms with van der Waals surface area (Å²) in [6, 6.07) is 7.54. The molecular formula is C14H11F2NO2. The number of carbonyl (C=O) groups is 1. The van der Waals surface area contributed by atoms with Gasteiger partial charge in [-0.2, -0.15) is 0 Å². The number of anilines is 1. The van der Waals surface area contributed by atoms with Crippen LogP contribution in [0.4, 0.5) is 14.5 Å². The SMILES string of the molecule is COc1ccc(C(=O)c2c(F)cccc2F)c(N)c1. The Morgan fingerprint density at radius 2 is 1.79 bits per heavy atom. The average Bonchev–Trinajstić information content (AvgIpc) is 2.38. The lowest BCUT2D eigenvalue weighted by Gasteiger charge is -2.08. The Morgan fingerprint density at radius 1 is 1.16 bits per heavy atom. The van der Waals surface area contributed by atoms with Crippen molar-refractivity contribution in [2.24, 2.45) is 0 Å². The second-order valence-corrected chi connectivity index (χ2v) is 3.88. The molecule has 0 atom stereocenters. The smallest absolute Gasteiger partial charge is 0.201 e. The van der Waals surface area contributed by atoms with Crippen LogP contribution in [0.15, 0.2) is 36.4 Å². The van der Waals surface area contributed by atoms with Crippen LogP contribution in [-0.2, 0) is 0 Å². The van der Waals surface area contributed by atoms with E-state index in [4.69, 9.17) is 10.5 Å². The van der Waals surface area contributed by atoms with Crippen molar-refractivity contribution in [3.05, 3.63) is 59.2 Å². The van der Waals surface area contributed by atoms with Gasteiger partial charge in [-0.3, -0.25) is 4.79 Å². The van der Waals surface area contributed by atoms with E-state index in [1.165, 1.54) is 31.4 Å². The van der Waals surface area contributed by atoms with Crippen molar-refractivity contribution < 1.29 is 18.3 Å². The molecule has 2 aromatic carbocycles. The zero-order valence-corrected chi connectivity index (χ0v) is 10.1. The number of nitrogens with two attached hydrogens (primary N) is 1. The molecule has 0 bridgehead atoms. The summed E-state index contributed by atoms with van der Waals surface area (Å²) in [6.45, 7) is 0. The number of hydrogen-bond donors (Lipinski definition) is 1. The highest BCUT2D eigenvalue weighted by atomic mass is 19.1. The molecule has 0 fully saturated rings. The minimum Gasteiger partial charge on any atom is -0.497 e. The molecule has 2 aromatic rings. The molecule has 0 aromatic heterocycles. The summed E-state index contributed by atoms with van der Waals surface area (Å²) in [6.07, 6.45) is 0. The Hall–Kier alpha value is -2.43. The third-order valence-electron chi connectivity index (χ3n) is 2.69. The summed E-state index contributed by atoms with van der Waals surface area (Å²) < 4.78 is 32.0. The highest BCUT2D eigenvalue weighted by Gasteiger charge is 2.20. The topological polar surface area (TPSA) is 52.3 Å². The zero-order chi connectivity index (χ0) is 14.0. The normalized spacial score (nSPS) is 10.3. The van der Waals surface area contributed by atoms with E-state index in [0.29, 0.717) is 5.75 Å². The van der Waals surface area contributed by atoms with Gasteiger partial charge in [0.05, 0.1) is 12.7 Å². The number of carbonyl (C=O) groups excluding carboxylic acids is 1. The van der Waals surface area contributed by atoms with Crippen molar-refractivity contribution in [1.82, 2.24) is 0 Å². The van der Waals surface area contributed by atoms with E-state index in [0.717, 1.165) is 12.1 Å². The number of benzene rings is 2. The molecule has 98 valence electrons. The van der Waals surface area contributed by atoms with E-state index in [1.807, 2.05) is 0 Å². The maximum atomic E-state index is 13.5. The molecule has 0 aliphatic heterocycles. The van der Waals surface area contributed by atoms with Crippen molar-refractivity contribution in [3.63, 3.8) is 0 Å². The van der Waals surface area contributed by atoms with Crippen LogP contribution in [0.2, 0.25) is 0 Å². The molecule has 19 heavy (non-hydrogen) atoms. The van der Waals surface area contributed by atoms with Gasteiger partial charge in [0.15, 0.2) is 0 Å². The maximum absolute atomic E-state index is 13.5. The van der Waals surface area contributed by atoms with Gasteiger partial charge in [-0.05, 0) is 24.3 Å². The van der Waals surface area contributed by atoms with E-state index >= 15 is 0 Å². The maximum Gasteiger partial charge on any atom is 0.201 e. The Bertz CT molecular complexity index is 621. The van der Waals surface area contributed by atoms with Crippen LogP contribution < -0.4 is 10.5 Å². The number of methoxy groups -OCH3 is 1. The molecule has 2 N–H and O–H groups in total. The fourth-order valence-corrected chi connectivity index (χ4v) is 1.72. The van der Waals surface area contributed by atoms with E-state index in [9.17, 15) is 13.6 Å². The molecule has 0 aliphatic carbocycles. The minimum absolute atomic E-state index is 0.0322. The summed E-state index contributed by atoms with van der Waals surface area (Å²) in [7, 11) is 1.45. The second-order valence-electron chi connectivity index (χ2n) is 3.88. The van der Waals surface area contributed by atoms with E-state index in [1.54, 1.807) is 0 Å². The largest absolute Gasteiger partial charge is 0.497 e. The molecule has 0 saturated carbocycles. The third kappa shape index (κ3) is 2.40. The van der Waals surface area contributed by atoms with Gasteiger partial charge in [0, 0.05) is 17.3 Å². The van der Waals surface area contributed by atoms with Crippen LogP contribution in [0.3, 0.4) is 0 Å². The van der Waals surface area contributed by atoms with Gasteiger partial charge in [-0.25, -0.2) is 8.78 Å². The summed E-state index contributed by atoms with van der Waals surface area (Å²) in [4.78, 5) is 12.1. The van der Waals surface area contributed by atoms with Crippen LogP contribution in [0.25, 0.3) is 0 Å². The lowest BCUT2D eigenvalue weighted by atomic mass is 10.0. The number of ketones is 1. The molecule has 0 spiro atoms. The van der Waals surface area contributed by atoms with Crippen LogP contribution >= 0.6 is 0 Å². The Morgan fingerprint density at radius 3 is 2.32 bits per heavy atom. The van der Waals surface area contributed by atoms with Gasteiger partial charge in [0.2, 0.25) is 5.78 Å². The average molecular weight is 263 g/mol. The van der Waals surface area contributed by atoms with E-state index in [-0.39, 0.29) is 11.3 Å². The fourth-order valence-electron chi connectivity index (χ4n) is 1.72. The first-order valence-electron chi connectivity index (χ1n) is 5.47. The van der Waals surface area contributed by atoms with E-state index in [2.05, 4.69) is 0 Å². The Kier molecular flexibility index (Phi) is 3.46. The summed E-state index contributed by atoms with van der Waals surface area (Å²) >= 11 is 0. The van der Waals surface area contributed by atoms with Gasteiger partial charge < -0.3 is 10.5 Å². The van der Waals surface area contributed by atoms with Crippen molar-refractivity contribution >= 4 is 11.5 Å². The zero-order valence-electron chi connectivity index (χ0n) is 10.1. The van der Waals surface area contributed by atoms with Crippen molar-refractivity contribution in [2.75, 3.05) is 12.8 Å². The molecule has 0 radical (unpaired) electrons. The molecule has 0 amide bonds. The molecule has 0 unspecified atom stereocenters. The van der Waals surface area contributed by atoms with Gasteiger partial charge in [0.1, 0.15) is 17.4 Å². The molecule has 0 aliphatic rings. The summed E-state index contributed by atoms with van der Waals surface area (Å²) in [5.41, 5.74) is 5.21. The lowest BCUT2D eigenvalue weighted by Crippen LogP contribution is -2.10. The molecule has 2 rings (SSSR count). The standard InChI is InChI=1S/C14H11F2NO2/c1-19-8-5-6-9(12(17)7-8)14(18)13-10(15)3-2-4-11(13)16/h2-7H,17H2,1H3. The first kappa shape index (κ1) is 13.0. The second kappa shape index (κ2) is 5.06. The number of halogens is 2. The number of ether oxygens (including phenoxy) is 1. The van der Waals surface area contributed by atoms with Crippen molar-refractivity contribution in [3.8, 4) is 5.75 Å². The third-order valence-corrected chi connectivity index (χ3v) is 2.69. The van der Waals surface area contributed by atoms with Gasteiger partial charge in [-0.1, -0.05) is 6.07 Å². The summed E-state index contributed by atoms with van der Waals surface area (Å²) in [5.74, 6) is -2.17. The molecule has 0 saturated heterocycles. The van der Waals surface area contributed by atoms with Gasteiger partial charge in [-0.15, -0.1) is 0 Å². The Balaban J connectivity index is 2.51. The van der Waals surface area contributed by atoms with Gasteiger partial charge in [0.25, 0.3) is 0 Å². The minimum atomic E-state index is -0.916. The van der Waals surface area contributed by atoms with Crippen LogP contribution in [0.5, 0.6) is 5.75 Å². The van der Waals surface area contributed by atoms with Crippen LogP contribution in [0, 0.1) is 11.6 Å². The van der Waals surface area contributed by atoms with Crippen LogP contribution in [0.1, 0.15) is 15.9 Å². The molecule has 0 heterocycles. The van der Waals surface area contributed by atoms with Gasteiger partial charge >= 0.3 is 0 Å². The highest BCUT2D eigenvalue weighted by Crippen LogP contribution is 2.24. The summed E-state index contributed by atoms with van der Waals surface area (Å²) in [5, 5.41) is 0. The number of hydrogen-bond acceptors (Lipinski definition) is 3. The Labute approximate surface area is 108 Å².